The van der Waals surface area contributed by atoms with Crippen LogP contribution in [0.15, 0.2) is 84.9 Å². The van der Waals surface area contributed by atoms with Crippen LogP contribution in [0.2, 0.25) is 0 Å². The standard InChI is InChI=1S/C27H24N2O2/c30-26(24-12-10-20-6-1-3-8-22(20)18-24)28-14-5-15-29(17-16-28)27(31)25-13-11-21-7-2-4-9-23(21)19-25/h1-4,6-13,18-19H,5,14-17H2. The highest BCUT2D eigenvalue weighted by molar-refractivity contribution is 6.00. The fraction of sp³-hybridized carbons (Fsp3) is 0.185. The first kappa shape index (κ1) is 19.3. The van der Waals surface area contributed by atoms with Gasteiger partial charge in [-0.3, -0.25) is 9.59 Å². The summed E-state index contributed by atoms with van der Waals surface area (Å²) in [5.74, 6) is 0.0662. The molecule has 0 aliphatic carbocycles. The number of rotatable bonds is 2. The molecule has 0 N–H and O–H groups in total. The van der Waals surface area contributed by atoms with E-state index in [1.807, 2.05) is 94.7 Å². The Morgan fingerprint density at radius 1 is 0.516 bits per heavy atom. The second kappa shape index (κ2) is 8.23. The third-order valence-corrected chi connectivity index (χ3v) is 6.06. The van der Waals surface area contributed by atoms with Crippen molar-refractivity contribution in [2.75, 3.05) is 26.2 Å². The van der Waals surface area contributed by atoms with Crippen LogP contribution in [-0.2, 0) is 0 Å². The molecule has 4 nitrogen and oxygen atoms in total. The number of benzene rings is 4. The minimum absolute atomic E-state index is 0.0331. The predicted molar refractivity (Wildman–Crippen MR) is 124 cm³/mol. The average molecular weight is 409 g/mol. The van der Waals surface area contributed by atoms with E-state index in [2.05, 4.69) is 0 Å². The van der Waals surface area contributed by atoms with Gasteiger partial charge in [0.1, 0.15) is 0 Å². The zero-order valence-electron chi connectivity index (χ0n) is 17.3. The Morgan fingerprint density at radius 2 is 0.935 bits per heavy atom. The zero-order chi connectivity index (χ0) is 21.2. The molecule has 4 aromatic rings. The molecule has 31 heavy (non-hydrogen) atoms. The van der Waals surface area contributed by atoms with E-state index in [4.69, 9.17) is 0 Å². The first-order chi connectivity index (χ1) is 15.2. The summed E-state index contributed by atoms with van der Waals surface area (Å²) in [5, 5.41) is 4.39. The summed E-state index contributed by atoms with van der Waals surface area (Å²) >= 11 is 0. The van der Waals surface area contributed by atoms with Gasteiger partial charge in [0, 0.05) is 37.3 Å². The third kappa shape index (κ3) is 3.89. The molecule has 0 spiro atoms. The van der Waals surface area contributed by atoms with Crippen molar-refractivity contribution in [2.24, 2.45) is 0 Å². The van der Waals surface area contributed by atoms with Crippen molar-refractivity contribution >= 4 is 33.4 Å². The molecule has 0 radical (unpaired) electrons. The molecule has 1 fully saturated rings. The molecule has 5 rings (SSSR count). The van der Waals surface area contributed by atoms with Gasteiger partial charge in [-0.15, -0.1) is 0 Å². The van der Waals surface area contributed by atoms with Gasteiger partial charge in [-0.05, 0) is 52.2 Å². The molecule has 0 unspecified atom stereocenters. The van der Waals surface area contributed by atoms with E-state index in [0.717, 1.165) is 28.0 Å². The summed E-state index contributed by atoms with van der Waals surface area (Å²) in [6.45, 7) is 2.41. The van der Waals surface area contributed by atoms with Crippen molar-refractivity contribution in [3.63, 3.8) is 0 Å². The molecular weight excluding hydrogens is 384 g/mol. The van der Waals surface area contributed by atoms with E-state index in [1.165, 1.54) is 0 Å². The van der Waals surface area contributed by atoms with Crippen molar-refractivity contribution < 1.29 is 9.59 Å². The Labute approximate surface area is 181 Å². The van der Waals surface area contributed by atoms with Crippen LogP contribution in [0.4, 0.5) is 0 Å². The Kier molecular flexibility index (Phi) is 5.13. The molecule has 4 heteroatoms. The molecule has 0 atom stereocenters. The van der Waals surface area contributed by atoms with Crippen LogP contribution >= 0.6 is 0 Å². The molecule has 154 valence electrons. The van der Waals surface area contributed by atoms with Gasteiger partial charge in [-0.2, -0.15) is 0 Å². The Hall–Kier alpha value is -3.66. The van der Waals surface area contributed by atoms with E-state index < -0.39 is 0 Å². The molecule has 0 bridgehead atoms. The van der Waals surface area contributed by atoms with Crippen LogP contribution in [0, 0.1) is 0 Å². The lowest BCUT2D eigenvalue weighted by atomic mass is 10.1. The largest absolute Gasteiger partial charge is 0.337 e. The number of nitrogens with zero attached hydrogens (tertiary/aromatic N) is 2. The molecule has 4 aromatic carbocycles. The molecular formula is C27H24N2O2. The summed E-state index contributed by atoms with van der Waals surface area (Å²) in [6, 6.07) is 27.8. The van der Waals surface area contributed by atoms with Crippen LogP contribution in [0.5, 0.6) is 0 Å². The summed E-state index contributed by atoms with van der Waals surface area (Å²) in [4.78, 5) is 30.0. The van der Waals surface area contributed by atoms with E-state index in [1.54, 1.807) is 0 Å². The van der Waals surface area contributed by atoms with Crippen LogP contribution in [0.25, 0.3) is 21.5 Å². The first-order valence-electron chi connectivity index (χ1n) is 10.8. The van der Waals surface area contributed by atoms with Crippen molar-refractivity contribution in [1.82, 2.24) is 9.80 Å². The second-order valence-corrected chi connectivity index (χ2v) is 8.06. The Morgan fingerprint density at radius 3 is 1.39 bits per heavy atom. The maximum absolute atomic E-state index is 13.1. The highest BCUT2D eigenvalue weighted by atomic mass is 16.2. The topological polar surface area (TPSA) is 40.6 Å². The molecule has 1 saturated heterocycles. The van der Waals surface area contributed by atoms with Gasteiger partial charge in [-0.1, -0.05) is 60.7 Å². The van der Waals surface area contributed by atoms with Crippen LogP contribution in [0.3, 0.4) is 0 Å². The first-order valence-corrected chi connectivity index (χ1v) is 10.8. The van der Waals surface area contributed by atoms with Crippen LogP contribution < -0.4 is 0 Å². The quantitative estimate of drug-likeness (QED) is 0.469. The van der Waals surface area contributed by atoms with Gasteiger partial charge in [0.25, 0.3) is 11.8 Å². The van der Waals surface area contributed by atoms with Gasteiger partial charge < -0.3 is 9.80 Å². The van der Waals surface area contributed by atoms with Gasteiger partial charge in [0.05, 0.1) is 0 Å². The minimum Gasteiger partial charge on any atom is -0.337 e. The van der Waals surface area contributed by atoms with Gasteiger partial charge >= 0.3 is 0 Å². The highest BCUT2D eigenvalue weighted by Gasteiger charge is 2.23. The summed E-state index contributed by atoms with van der Waals surface area (Å²) in [6.07, 6.45) is 0.776. The molecule has 1 aliphatic heterocycles. The van der Waals surface area contributed by atoms with Crippen molar-refractivity contribution in [1.29, 1.82) is 0 Å². The number of amides is 2. The van der Waals surface area contributed by atoms with Crippen molar-refractivity contribution in [3.05, 3.63) is 96.1 Å². The zero-order valence-corrected chi connectivity index (χ0v) is 17.3. The summed E-state index contributed by atoms with van der Waals surface area (Å²) < 4.78 is 0. The lowest BCUT2D eigenvalue weighted by Crippen LogP contribution is -2.37. The third-order valence-electron chi connectivity index (χ3n) is 6.06. The van der Waals surface area contributed by atoms with E-state index in [0.29, 0.717) is 37.3 Å². The maximum atomic E-state index is 13.1. The highest BCUT2D eigenvalue weighted by Crippen LogP contribution is 2.20. The Bertz CT molecular complexity index is 1180. The fourth-order valence-corrected chi connectivity index (χ4v) is 4.33. The normalized spacial score (nSPS) is 14.6. The van der Waals surface area contributed by atoms with Gasteiger partial charge in [0.2, 0.25) is 0 Å². The molecule has 2 amide bonds. The monoisotopic (exact) mass is 408 g/mol. The molecule has 1 heterocycles. The average Bonchev–Trinajstić information content (AvgIpc) is 3.09. The maximum Gasteiger partial charge on any atom is 0.253 e. The fourth-order valence-electron chi connectivity index (χ4n) is 4.33. The van der Waals surface area contributed by atoms with Crippen LogP contribution in [-0.4, -0.2) is 47.8 Å². The van der Waals surface area contributed by atoms with E-state index >= 15 is 0 Å². The number of hydrogen-bond acceptors (Lipinski definition) is 2. The Balaban J connectivity index is 1.30. The van der Waals surface area contributed by atoms with Gasteiger partial charge in [0.15, 0.2) is 0 Å². The number of hydrogen-bond donors (Lipinski definition) is 0. The smallest absolute Gasteiger partial charge is 0.253 e. The predicted octanol–water partition coefficient (Wildman–Crippen LogP) is 4.98. The van der Waals surface area contributed by atoms with Crippen molar-refractivity contribution in [2.45, 2.75) is 6.42 Å². The molecule has 0 saturated carbocycles. The lowest BCUT2D eigenvalue weighted by Gasteiger charge is -2.22. The van der Waals surface area contributed by atoms with E-state index in [9.17, 15) is 9.59 Å². The molecule has 1 aliphatic rings. The second-order valence-electron chi connectivity index (χ2n) is 8.06. The minimum atomic E-state index is 0.0331. The number of carbonyl (C=O) groups excluding carboxylic acids is 2. The lowest BCUT2D eigenvalue weighted by molar-refractivity contribution is 0.0719. The number of fused-ring (bicyclic) bond motifs is 2. The van der Waals surface area contributed by atoms with E-state index in [-0.39, 0.29) is 11.8 Å². The SMILES string of the molecule is O=C(c1ccc2ccccc2c1)N1CCCN(C(=O)c2ccc3ccccc3c2)CC1. The molecule has 0 aromatic heterocycles. The van der Waals surface area contributed by atoms with Gasteiger partial charge in [-0.25, -0.2) is 0 Å². The summed E-state index contributed by atoms with van der Waals surface area (Å²) in [5.41, 5.74) is 1.40. The van der Waals surface area contributed by atoms with Crippen LogP contribution in [0.1, 0.15) is 27.1 Å². The summed E-state index contributed by atoms with van der Waals surface area (Å²) in [7, 11) is 0. The van der Waals surface area contributed by atoms with Crippen molar-refractivity contribution in [3.8, 4) is 0 Å². The number of carbonyl (C=O) groups is 2.